The van der Waals surface area contributed by atoms with Crippen molar-refractivity contribution >= 4 is 46.7 Å². The second-order valence-electron chi connectivity index (χ2n) is 12.9. The monoisotopic (exact) mass is 694 g/mol. The molecule has 4 amide bonds. The number of phenols is 1. The van der Waals surface area contributed by atoms with Crippen LogP contribution in [0.5, 0.6) is 11.5 Å². The Morgan fingerprint density at radius 3 is 2.37 bits per heavy atom. The summed E-state index contributed by atoms with van der Waals surface area (Å²) in [6.07, 6.45) is -2.93. The highest BCUT2D eigenvalue weighted by Crippen LogP contribution is 2.65. The molecule has 10 nitrogen and oxygen atoms in total. The van der Waals surface area contributed by atoms with E-state index in [0.717, 1.165) is 21.0 Å². The van der Waals surface area contributed by atoms with Gasteiger partial charge in [0.15, 0.2) is 5.82 Å². The Bertz CT molecular complexity index is 1950. The van der Waals surface area contributed by atoms with Gasteiger partial charge >= 0.3 is 6.18 Å². The van der Waals surface area contributed by atoms with Gasteiger partial charge in [-0.05, 0) is 62.1 Å². The maximum Gasteiger partial charge on any atom is 0.433 e. The number of imide groups is 2. The lowest BCUT2D eigenvalue weighted by molar-refractivity contribution is -0.141. The average Bonchev–Trinajstić information content (AvgIpc) is 3.44. The number of ether oxygens (including phenoxy) is 1. The maximum atomic E-state index is 14.5. The first-order valence-corrected chi connectivity index (χ1v) is 15.9. The molecule has 14 heteroatoms. The van der Waals surface area contributed by atoms with Crippen molar-refractivity contribution in [3.8, 4) is 11.5 Å². The standard InChI is InChI=1S/C35H30ClF3N4O6/c1-34-21(31(46)42(33(34)48)17-8-5-4-6-9-17)16-20-18(28(34)27-23(44)10-7-11-24(27)49-3)12-13-19-26(20)32(47)43(30(19)45)41(2)29-22(36)14-15-25(40-29)35(37,38)39/h4-12,14-15,19-21,26,28,44H,13,16H2,1-3H3. The van der Waals surface area contributed by atoms with E-state index in [4.69, 9.17) is 16.3 Å². The fraction of sp³-hybridized carbons (Fsp3) is 0.343. The van der Waals surface area contributed by atoms with Crippen molar-refractivity contribution in [3.05, 3.63) is 88.6 Å². The maximum absolute atomic E-state index is 14.5. The highest BCUT2D eigenvalue weighted by Gasteiger charge is 2.68. The van der Waals surface area contributed by atoms with Crippen LogP contribution in [0.2, 0.25) is 5.02 Å². The van der Waals surface area contributed by atoms with Crippen LogP contribution in [0.25, 0.3) is 0 Å². The van der Waals surface area contributed by atoms with Gasteiger partial charge in [0.05, 0.1) is 41.0 Å². The SMILES string of the molecule is COc1cccc(O)c1C1C2=CCC3C(=O)N(N(C)c4nc(C(F)(F)F)ccc4Cl)C(=O)C3C2CC2C(=O)N(c3ccccc3)C(=O)C21C. The van der Waals surface area contributed by atoms with Crippen molar-refractivity contribution in [1.29, 1.82) is 0 Å². The molecular formula is C35H30ClF3N4O6. The van der Waals surface area contributed by atoms with Gasteiger partial charge in [0.2, 0.25) is 11.8 Å². The van der Waals surface area contributed by atoms with Crippen LogP contribution in [-0.4, -0.2) is 52.9 Å². The molecule has 6 unspecified atom stereocenters. The first-order chi connectivity index (χ1) is 23.2. The third-order valence-corrected chi connectivity index (χ3v) is 10.8. The summed E-state index contributed by atoms with van der Waals surface area (Å²) in [5, 5.41) is 12.8. The smallest absolute Gasteiger partial charge is 0.433 e. The number of aromatic hydroxyl groups is 1. The van der Waals surface area contributed by atoms with Crippen LogP contribution in [0.4, 0.5) is 24.7 Å². The average molecular weight is 695 g/mol. The van der Waals surface area contributed by atoms with Gasteiger partial charge in [-0.3, -0.25) is 24.2 Å². The number of pyridine rings is 1. The number of halogens is 4. The summed E-state index contributed by atoms with van der Waals surface area (Å²) < 4.78 is 46.3. The number of hydrogen-bond donors (Lipinski definition) is 1. The fourth-order valence-corrected chi connectivity index (χ4v) is 8.56. The van der Waals surface area contributed by atoms with E-state index in [-0.39, 0.29) is 34.9 Å². The molecule has 7 rings (SSSR count). The van der Waals surface area contributed by atoms with Crippen molar-refractivity contribution in [2.45, 2.75) is 31.9 Å². The van der Waals surface area contributed by atoms with Gasteiger partial charge in [0, 0.05) is 18.5 Å². The number of allylic oxidation sites excluding steroid dienone is 2. The van der Waals surface area contributed by atoms with E-state index in [9.17, 15) is 37.5 Å². The molecule has 0 spiro atoms. The summed E-state index contributed by atoms with van der Waals surface area (Å²) in [7, 11) is 2.65. The van der Waals surface area contributed by atoms with Crippen LogP contribution >= 0.6 is 11.6 Å². The molecule has 49 heavy (non-hydrogen) atoms. The molecule has 1 saturated carbocycles. The number of alkyl halides is 3. The number of methoxy groups -OCH3 is 1. The largest absolute Gasteiger partial charge is 0.508 e. The lowest BCUT2D eigenvalue weighted by Crippen LogP contribution is -2.49. The van der Waals surface area contributed by atoms with Crippen LogP contribution in [0, 0.1) is 29.1 Å². The number of nitrogens with zero attached hydrogens (tertiary/aromatic N) is 4. The zero-order valence-corrected chi connectivity index (χ0v) is 27.2. The minimum atomic E-state index is -4.81. The van der Waals surface area contributed by atoms with E-state index in [1.54, 1.807) is 55.5 Å². The van der Waals surface area contributed by atoms with Crippen LogP contribution in [0.3, 0.4) is 0 Å². The Morgan fingerprint density at radius 1 is 0.980 bits per heavy atom. The molecule has 1 aromatic heterocycles. The Balaban J connectivity index is 1.35. The number of carbonyl (C=O) groups is 4. The predicted octanol–water partition coefficient (Wildman–Crippen LogP) is 5.75. The molecule has 2 aromatic carbocycles. The number of anilines is 2. The molecular weight excluding hydrogens is 665 g/mol. The molecule has 2 aliphatic heterocycles. The van der Waals surface area contributed by atoms with Crippen LogP contribution in [-0.2, 0) is 25.4 Å². The highest BCUT2D eigenvalue weighted by atomic mass is 35.5. The van der Waals surface area contributed by atoms with E-state index in [1.165, 1.54) is 20.2 Å². The number of aromatic nitrogens is 1. The van der Waals surface area contributed by atoms with E-state index in [1.807, 2.05) is 0 Å². The van der Waals surface area contributed by atoms with Gasteiger partial charge in [0.25, 0.3) is 11.8 Å². The third kappa shape index (κ3) is 4.65. The van der Waals surface area contributed by atoms with Gasteiger partial charge in [-0.2, -0.15) is 18.2 Å². The van der Waals surface area contributed by atoms with Crippen molar-refractivity contribution in [2.75, 3.05) is 24.1 Å². The van der Waals surface area contributed by atoms with Crippen molar-refractivity contribution in [3.63, 3.8) is 0 Å². The molecule has 1 N–H and O–H groups in total. The zero-order chi connectivity index (χ0) is 35.2. The number of hydrogen-bond acceptors (Lipinski definition) is 8. The van der Waals surface area contributed by atoms with Crippen molar-refractivity contribution < 1.29 is 42.2 Å². The fourth-order valence-electron chi connectivity index (χ4n) is 8.34. The summed E-state index contributed by atoms with van der Waals surface area (Å²) in [6.45, 7) is 1.68. The van der Waals surface area contributed by atoms with Crippen molar-refractivity contribution in [1.82, 2.24) is 9.99 Å². The van der Waals surface area contributed by atoms with Gasteiger partial charge in [-0.1, -0.05) is 47.5 Å². The van der Waals surface area contributed by atoms with Gasteiger partial charge < -0.3 is 9.84 Å². The number of para-hydroxylation sites is 1. The predicted molar refractivity (Wildman–Crippen MR) is 170 cm³/mol. The zero-order valence-electron chi connectivity index (χ0n) is 26.4. The summed E-state index contributed by atoms with van der Waals surface area (Å²) in [4.78, 5) is 61.9. The third-order valence-electron chi connectivity index (χ3n) is 10.5. The molecule has 3 fully saturated rings. The van der Waals surface area contributed by atoms with Crippen LogP contribution in [0.15, 0.2) is 72.3 Å². The normalized spacial score (nSPS) is 27.9. The van der Waals surface area contributed by atoms with Crippen LogP contribution < -0.4 is 14.6 Å². The van der Waals surface area contributed by atoms with E-state index in [0.29, 0.717) is 17.3 Å². The second-order valence-corrected chi connectivity index (χ2v) is 13.3. The Morgan fingerprint density at radius 2 is 1.69 bits per heavy atom. The number of amides is 4. The molecule has 6 atom stereocenters. The number of phenolic OH excluding ortho intramolecular Hbond substituents is 1. The molecule has 3 aromatic rings. The Kier molecular flexibility index (Phi) is 7.54. The summed E-state index contributed by atoms with van der Waals surface area (Å²) in [5.74, 6) is -7.27. The van der Waals surface area contributed by atoms with Crippen molar-refractivity contribution in [2.24, 2.45) is 29.1 Å². The number of rotatable bonds is 5. The van der Waals surface area contributed by atoms with E-state index < -0.39 is 76.3 Å². The summed E-state index contributed by atoms with van der Waals surface area (Å²) >= 11 is 6.24. The molecule has 4 aliphatic rings. The van der Waals surface area contributed by atoms with E-state index >= 15 is 0 Å². The summed E-state index contributed by atoms with van der Waals surface area (Å²) in [6, 6.07) is 14.8. The molecule has 2 saturated heterocycles. The van der Waals surface area contributed by atoms with Gasteiger partial charge in [-0.25, -0.2) is 9.88 Å². The number of hydrazine groups is 1. The quantitative estimate of drug-likeness (QED) is 0.265. The topological polar surface area (TPSA) is 120 Å². The molecule has 254 valence electrons. The number of carbonyl (C=O) groups excluding carboxylic acids is 4. The molecule has 2 aliphatic carbocycles. The Labute approximate surface area is 283 Å². The molecule has 3 heterocycles. The van der Waals surface area contributed by atoms with Gasteiger partial charge in [0.1, 0.15) is 17.2 Å². The van der Waals surface area contributed by atoms with E-state index in [2.05, 4.69) is 4.98 Å². The minimum absolute atomic E-state index is 0.0307. The first kappa shape index (κ1) is 32.6. The lowest BCUT2D eigenvalue weighted by Gasteiger charge is -2.49. The Hall–Kier alpha value is -4.91. The van der Waals surface area contributed by atoms with Gasteiger partial charge in [-0.15, -0.1) is 0 Å². The lowest BCUT2D eigenvalue weighted by atomic mass is 9.51. The second kappa shape index (κ2) is 11.3. The highest BCUT2D eigenvalue weighted by molar-refractivity contribution is 6.33. The molecule has 0 bridgehead atoms. The summed E-state index contributed by atoms with van der Waals surface area (Å²) in [5.41, 5.74) is -1.44. The minimum Gasteiger partial charge on any atom is -0.508 e. The number of fused-ring (bicyclic) bond motifs is 4. The van der Waals surface area contributed by atoms with Crippen LogP contribution in [0.1, 0.15) is 36.9 Å². The number of benzene rings is 2. The first-order valence-electron chi connectivity index (χ1n) is 15.6. The molecule has 0 radical (unpaired) electrons.